The van der Waals surface area contributed by atoms with Crippen molar-refractivity contribution < 1.29 is 9.47 Å². The van der Waals surface area contributed by atoms with E-state index in [0.29, 0.717) is 5.92 Å². The van der Waals surface area contributed by atoms with Crippen LogP contribution in [0.15, 0.2) is 12.2 Å². The molecular weight excluding hydrogens is 176 g/mol. The largest absolute Gasteiger partial charge is 0.347 e. The molecule has 0 spiro atoms. The molecule has 1 saturated heterocycles. The number of hydrogen-bond acceptors (Lipinski definition) is 2. The summed E-state index contributed by atoms with van der Waals surface area (Å²) in [4.78, 5) is 0. The maximum absolute atomic E-state index is 5.80. The molecule has 0 N–H and O–H groups in total. The third-order valence-corrected chi connectivity index (χ3v) is 4.14. The van der Waals surface area contributed by atoms with Crippen LogP contribution in [-0.2, 0) is 9.47 Å². The normalized spacial score (nSPS) is 41.5. The van der Waals surface area contributed by atoms with Crippen LogP contribution >= 0.6 is 0 Å². The summed E-state index contributed by atoms with van der Waals surface area (Å²) in [5.41, 5.74) is 0.123. The molecule has 0 saturated carbocycles. The Kier molecular flexibility index (Phi) is 2.44. The lowest BCUT2D eigenvalue weighted by Crippen LogP contribution is -2.49. The van der Waals surface area contributed by atoms with Crippen LogP contribution in [0.2, 0.25) is 0 Å². The van der Waals surface area contributed by atoms with Crippen molar-refractivity contribution in [2.75, 3.05) is 13.2 Å². The number of ether oxygens (including phenoxy) is 2. The van der Waals surface area contributed by atoms with E-state index in [1.807, 2.05) is 0 Å². The highest BCUT2D eigenvalue weighted by Crippen LogP contribution is 2.49. The fraction of sp³-hybridized carbons (Fsp3) is 0.833. The van der Waals surface area contributed by atoms with Crippen LogP contribution in [-0.4, -0.2) is 19.0 Å². The minimum atomic E-state index is -0.378. The Morgan fingerprint density at radius 3 is 2.43 bits per heavy atom. The van der Waals surface area contributed by atoms with Crippen LogP contribution in [0.25, 0.3) is 0 Å². The van der Waals surface area contributed by atoms with E-state index in [-0.39, 0.29) is 11.2 Å². The van der Waals surface area contributed by atoms with E-state index < -0.39 is 0 Å². The highest BCUT2D eigenvalue weighted by molar-refractivity contribution is 5.06. The molecule has 1 aliphatic heterocycles. The number of rotatable bonds is 1. The molecule has 0 aromatic carbocycles. The van der Waals surface area contributed by atoms with Gasteiger partial charge in [0.2, 0.25) is 0 Å². The van der Waals surface area contributed by atoms with Crippen LogP contribution in [0.5, 0.6) is 0 Å². The first-order chi connectivity index (χ1) is 6.58. The van der Waals surface area contributed by atoms with Crippen LogP contribution in [0, 0.1) is 11.3 Å². The summed E-state index contributed by atoms with van der Waals surface area (Å²) in [7, 11) is 0. The monoisotopic (exact) mass is 196 g/mol. The van der Waals surface area contributed by atoms with Crippen molar-refractivity contribution in [2.45, 2.75) is 39.4 Å². The summed E-state index contributed by atoms with van der Waals surface area (Å²) in [5.74, 6) is 0.149. The molecule has 2 rings (SSSR count). The van der Waals surface area contributed by atoms with Gasteiger partial charge in [-0.25, -0.2) is 0 Å². The predicted molar refractivity (Wildman–Crippen MR) is 56.0 cm³/mol. The highest BCUT2D eigenvalue weighted by atomic mass is 16.7. The fourth-order valence-electron chi connectivity index (χ4n) is 2.61. The molecule has 80 valence electrons. The molecule has 14 heavy (non-hydrogen) atoms. The Labute approximate surface area is 86.3 Å². The SMILES string of the molecule is CC1C=CCCC1(C)C1(C)OCCO1. The van der Waals surface area contributed by atoms with Crippen molar-refractivity contribution in [1.82, 2.24) is 0 Å². The van der Waals surface area contributed by atoms with Crippen molar-refractivity contribution in [1.29, 1.82) is 0 Å². The van der Waals surface area contributed by atoms with E-state index in [0.717, 1.165) is 26.1 Å². The lowest BCUT2D eigenvalue weighted by Gasteiger charge is -2.47. The van der Waals surface area contributed by atoms with E-state index >= 15 is 0 Å². The van der Waals surface area contributed by atoms with Gasteiger partial charge in [-0.05, 0) is 25.7 Å². The average molecular weight is 196 g/mol. The molecule has 2 heteroatoms. The molecule has 2 atom stereocenters. The van der Waals surface area contributed by atoms with Gasteiger partial charge in [0, 0.05) is 5.41 Å². The quantitative estimate of drug-likeness (QED) is 0.600. The standard InChI is InChI=1S/C12H20O2/c1-10-6-4-5-7-11(10,2)12(3)13-8-9-14-12/h4,6,10H,5,7-9H2,1-3H3. The van der Waals surface area contributed by atoms with E-state index in [9.17, 15) is 0 Å². The molecule has 2 unspecified atom stereocenters. The van der Waals surface area contributed by atoms with Gasteiger partial charge in [0.1, 0.15) is 0 Å². The van der Waals surface area contributed by atoms with Crippen LogP contribution in [0.1, 0.15) is 33.6 Å². The first-order valence-corrected chi connectivity index (χ1v) is 5.53. The lowest BCUT2D eigenvalue weighted by atomic mass is 9.66. The minimum Gasteiger partial charge on any atom is -0.347 e. The second-order valence-corrected chi connectivity index (χ2v) is 4.82. The molecule has 1 heterocycles. The van der Waals surface area contributed by atoms with Crippen molar-refractivity contribution in [3.05, 3.63) is 12.2 Å². The second-order valence-electron chi connectivity index (χ2n) is 4.82. The van der Waals surface area contributed by atoms with Crippen molar-refractivity contribution in [3.8, 4) is 0 Å². The Morgan fingerprint density at radius 2 is 1.86 bits per heavy atom. The van der Waals surface area contributed by atoms with E-state index in [1.54, 1.807) is 0 Å². The van der Waals surface area contributed by atoms with Gasteiger partial charge in [-0.3, -0.25) is 0 Å². The molecule has 1 fully saturated rings. The predicted octanol–water partition coefficient (Wildman–Crippen LogP) is 2.74. The van der Waals surface area contributed by atoms with Gasteiger partial charge >= 0.3 is 0 Å². The van der Waals surface area contributed by atoms with E-state index in [4.69, 9.17) is 9.47 Å². The van der Waals surface area contributed by atoms with Gasteiger partial charge in [0.15, 0.2) is 5.79 Å². The zero-order valence-corrected chi connectivity index (χ0v) is 9.38. The fourth-order valence-corrected chi connectivity index (χ4v) is 2.61. The molecule has 2 nitrogen and oxygen atoms in total. The molecule has 0 aromatic rings. The first kappa shape index (κ1) is 10.2. The van der Waals surface area contributed by atoms with Gasteiger partial charge in [0.05, 0.1) is 13.2 Å². The molecule has 0 radical (unpaired) electrons. The highest BCUT2D eigenvalue weighted by Gasteiger charge is 2.51. The first-order valence-electron chi connectivity index (χ1n) is 5.53. The zero-order chi connectivity index (χ0) is 10.2. The maximum Gasteiger partial charge on any atom is 0.171 e. The van der Waals surface area contributed by atoms with Crippen LogP contribution in [0.4, 0.5) is 0 Å². The van der Waals surface area contributed by atoms with Crippen molar-refractivity contribution in [3.63, 3.8) is 0 Å². The Hall–Kier alpha value is -0.340. The summed E-state index contributed by atoms with van der Waals surface area (Å²) in [5, 5.41) is 0. The average Bonchev–Trinajstić information content (AvgIpc) is 2.59. The molecule has 2 aliphatic rings. The van der Waals surface area contributed by atoms with E-state index in [2.05, 4.69) is 32.9 Å². The van der Waals surface area contributed by atoms with Gasteiger partial charge in [0.25, 0.3) is 0 Å². The van der Waals surface area contributed by atoms with Crippen LogP contribution in [0.3, 0.4) is 0 Å². The third-order valence-electron chi connectivity index (χ3n) is 4.14. The number of allylic oxidation sites excluding steroid dienone is 2. The van der Waals surface area contributed by atoms with Gasteiger partial charge in [-0.15, -0.1) is 0 Å². The zero-order valence-electron chi connectivity index (χ0n) is 9.38. The van der Waals surface area contributed by atoms with Crippen LogP contribution < -0.4 is 0 Å². The molecule has 1 aliphatic carbocycles. The van der Waals surface area contributed by atoms with Gasteiger partial charge < -0.3 is 9.47 Å². The molecular formula is C12H20O2. The summed E-state index contributed by atoms with van der Waals surface area (Å²) in [6, 6.07) is 0. The summed E-state index contributed by atoms with van der Waals surface area (Å²) in [6.45, 7) is 8.11. The van der Waals surface area contributed by atoms with Gasteiger partial charge in [-0.2, -0.15) is 0 Å². The van der Waals surface area contributed by atoms with E-state index in [1.165, 1.54) is 0 Å². The van der Waals surface area contributed by atoms with Gasteiger partial charge in [-0.1, -0.05) is 26.0 Å². The molecule has 0 amide bonds. The van der Waals surface area contributed by atoms with Crippen molar-refractivity contribution in [2.24, 2.45) is 11.3 Å². The lowest BCUT2D eigenvalue weighted by molar-refractivity contribution is -0.233. The maximum atomic E-state index is 5.80. The second kappa shape index (κ2) is 3.35. The third kappa shape index (κ3) is 1.32. The van der Waals surface area contributed by atoms with Crippen molar-refractivity contribution >= 4 is 0 Å². The smallest absolute Gasteiger partial charge is 0.171 e. The summed E-state index contributed by atoms with van der Waals surface area (Å²) < 4.78 is 11.6. The molecule has 0 bridgehead atoms. The Balaban J connectivity index is 2.25. The topological polar surface area (TPSA) is 18.5 Å². The minimum absolute atomic E-state index is 0.123. The summed E-state index contributed by atoms with van der Waals surface area (Å²) >= 11 is 0. The molecule has 0 aromatic heterocycles. The Bertz CT molecular complexity index is 241. The Morgan fingerprint density at radius 1 is 1.21 bits per heavy atom. The number of hydrogen-bond donors (Lipinski definition) is 0. The summed E-state index contributed by atoms with van der Waals surface area (Å²) in [6.07, 6.45) is 6.86.